The second-order valence-corrected chi connectivity index (χ2v) is 9.23. The third kappa shape index (κ3) is 5.93. The number of aromatic carboxylic acids is 2. The molecule has 4 heteroatoms. The Morgan fingerprint density at radius 1 is 0.647 bits per heavy atom. The van der Waals surface area contributed by atoms with Crippen molar-refractivity contribution in [1.82, 2.24) is 0 Å². The summed E-state index contributed by atoms with van der Waals surface area (Å²) in [6.07, 6.45) is 2.98. The van der Waals surface area contributed by atoms with E-state index < -0.39 is 11.9 Å². The second kappa shape index (κ2) is 11.1. The van der Waals surface area contributed by atoms with Crippen LogP contribution in [-0.4, -0.2) is 22.2 Å². The summed E-state index contributed by atoms with van der Waals surface area (Å²) in [5.74, 6) is -1.29. The van der Waals surface area contributed by atoms with Crippen LogP contribution in [0.4, 0.5) is 0 Å². The molecule has 2 N–H and O–H groups in total. The molecule has 0 aliphatic heterocycles. The summed E-state index contributed by atoms with van der Waals surface area (Å²) in [7, 11) is 0. The molecule has 0 spiro atoms. The van der Waals surface area contributed by atoms with E-state index in [4.69, 9.17) is 0 Å². The Labute approximate surface area is 202 Å². The van der Waals surface area contributed by atoms with Gasteiger partial charge >= 0.3 is 11.9 Å². The number of rotatable bonds is 10. The number of carbonyl (C=O) groups is 2. The van der Waals surface area contributed by atoms with Crippen LogP contribution in [0.5, 0.6) is 0 Å². The second-order valence-electron chi connectivity index (χ2n) is 9.23. The molecule has 0 amide bonds. The van der Waals surface area contributed by atoms with Crippen LogP contribution in [0.1, 0.15) is 106 Å². The average molecular weight is 459 g/mol. The summed E-state index contributed by atoms with van der Waals surface area (Å²) in [6, 6.07) is 19.6. The van der Waals surface area contributed by atoms with Gasteiger partial charge in [0.1, 0.15) is 0 Å². The quantitative estimate of drug-likeness (QED) is 0.334. The van der Waals surface area contributed by atoms with Crippen LogP contribution in [0.15, 0.2) is 60.7 Å². The van der Waals surface area contributed by atoms with Crippen LogP contribution in [0.25, 0.3) is 0 Å². The molecule has 0 aliphatic carbocycles. The predicted octanol–water partition coefficient (Wildman–Crippen LogP) is 7.29. The lowest BCUT2D eigenvalue weighted by Crippen LogP contribution is -2.11. The van der Waals surface area contributed by atoms with Crippen molar-refractivity contribution in [1.29, 1.82) is 0 Å². The summed E-state index contributed by atoms with van der Waals surface area (Å²) in [6.45, 7) is 8.68. The van der Waals surface area contributed by atoms with Gasteiger partial charge in [0.15, 0.2) is 0 Å². The van der Waals surface area contributed by atoms with Crippen LogP contribution in [0, 0.1) is 0 Å². The van der Waals surface area contributed by atoms with Gasteiger partial charge in [0.25, 0.3) is 0 Å². The lowest BCUT2D eigenvalue weighted by Gasteiger charge is -2.15. The zero-order valence-corrected chi connectivity index (χ0v) is 20.5. The number of carboxylic acids is 2. The first-order valence-electron chi connectivity index (χ1n) is 12.0. The molecular formula is C30H34O4. The van der Waals surface area contributed by atoms with E-state index in [-0.39, 0.29) is 11.1 Å². The zero-order chi connectivity index (χ0) is 24.8. The Hall–Kier alpha value is -3.40. The van der Waals surface area contributed by atoms with Gasteiger partial charge in [-0.05, 0) is 77.0 Å². The fraction of sp³-hybridized carbons (Fsp3) is 0.333. The van der Waals surface area contributed by atoms with Crippen LogP contribution in [0.2, 0.25) is 0 Å². The smallest absolute Gasteiger partial charge is 0.336 e. The van der Waals surface area contributed by atoms with Gasteiger partial charge in [0.2, 0.25) is 0 Å². The van der Waals surface area contributed by atoms with Gasteiger partial charge in [-0.25, -0.2) is 9.59 Å². The molecule has 0 saturated heterocycles. The van der Waals surface area contributed by atoms with Crippen molar-refractivity contribution < 1.29 is 19.8 Å². The van der Waals surface area contributed by atoms with Crippen LogP contribution >= 0.6 is 0 Å². The van der Waals surface area contributed by atoms with Crippen LogP contribution in [0.3, 0.4) is 0 Å². The molecule has 0 radical (unpaired) electrons. The first-order valence-corrected chi connectivity index (χ1v) is 12.0. The highest BCUT2D eigenvalue weighted by molar-refractivity contribution is 5.96. The van der Waals surface area contributed by atoms with Gasteiger partial charge in [0, 0.05) is 0 Å². The molecular weight excluding hydrogens is 424 g/mol. The summed E-state index contributed by atoms with van der Waals surface area (Å²) < 4.78 is 0. The number of carboxylic acid groups (broad SMARTS) is 2. The molecule has 3 aromatic rings. The molecule has 2 unspecified atom stereocenters. The van der Waals surface area contributed by atoms with E-state index in [0.29, 0.717) is 35.8 Å². The molecule has 0 aromatic heterocycles. The lowest BCUT2D eigenvalue weighted by atomic mass is 9.90. The highest BCUT2D eigenvalue weighted by atomic mass is 16.4. The molecule has 34 heavy (non-hydrogen) atoms. The topological polar surface area (TPSA) is 74.6 Å². The Morgan fingerprint density at radius 3 is 1.29 bits per heavy atom. The minimum Gasteiger partial charge on any atom is -0.478 e. The third-order valence-corrected chi connectivity index (χ3v) is 6.90. The highest BCUT2D eigenvalue weighted by Gasteiger charge is 2.19. The monoisotopic (exact) mass is 458 g/mol. The van der Waals surface area contributed by atoms with E-state index in [9.17, 15) is 19.8 Å². The molecule has 3 rings (SSSR count). The number of hydrogen-bond acceptors (Lipinski definition) is 2. The van der Waals surface area contributed by atoms with Gasteiger partial charge in [-0.15, -0.1) is 0 Å². The first kappa shape index (κ1) is 25.2. The zero-order valence-electron chi connectivity index (χ0n) is 20.5. The summed E-state index contributed by atoms with van der Waals surface area (Å²) in [5, 5.41) is 19.6. The highest BCUT2D eigenvalue weighted by Crippen LogP contribution is 2.26. The van der Waals surface area contributed by atoms with Gasteiger partial charge in [-0.1, -0.05) is 82.3 Å². The summed E-state index contributed by atoms with van der Waals surface area (Å²) in [5.41, 5.74) is 5.85. The average Bonchev–Trinajstić information content (AvgIpc) is 2.83. The Bertz CT molecular complexity index is 1050. The summed E-state index contributed by atoms with van der Waals surface area (Å²) >= 11 is 0. The molecule has 2 atom stereocenters. The Balaban J connectivity index is 1.97. The molecule has 0 bridgehead atoms. The standard InChI is InChI=1S/C30H34O4/c1-5-19(3)23-11-7-21(8-12-23)15-25-17-26(28(30(33)34)18-27(25)29(31)32)16-22-9-13-24(14-10-22)20(4)6-2/h7-14,17-20H,5-6,15-16H2,1-4H3,(H,31,32)(H,33,34). The minimum atomic E-state index is -1.11. The third-order valence-electron chi connectivity index (χ3n) is 6.90. The van der Waals surface area contributed by atoms with Crippen LogP contribution in [-0.2, 0) is 12.8 Å². The van der Waals surface area contributed by atoms with Gasteiger partial charge in [-0.2, -0.15) is 0 Å². The van der Waals surface area contributed by atoms with Crippen molar-refractivity contribution in [3.05, 3.63) is 105 Å². The van der Waals surface area contributed by atoms with Crippen molar-refractivity contribution >= 4 is 11.9 Å². The van der Waals surface area contributed by atoms with E-state index in [2.05, 4.69) is 52.0 Å². The van der Waals surface area contributed by atoms with Crippen molar-refractivity contribution in [2.75, 3.05) is 0 Å². The largest absolute Gasteiger partial charge is 0.478 e. The Kier molecular flexibility index (Phi) is 8.27. The maximum atomic E-state index is 12.0. The first-order chi connectivity index (χ1) is 16.2. The van der Waals surface area contributed by atoms with Crippen molar-refractivity contribution in [3.8, 4) is 0 Å². The maximum Gasteiger partial charge on any atom is 0.336 e. The molecule has 0 fully saturated rings. The SMILES string of the molecule is CCC(C)c1ccc(Cc2cc(Cc3ccc(C(C)CC)cc3)c(C(=O)O)cc2C(=O)O)cc1. The molecule has 0 heterocycles. The van der Waals surface area contributed by atoms with Crippen molar-refractivity contribution in [2.45, 2.75) is 65.2 Å². The number of hydrogen-bond donors (Lipinski definition) is 2. The molecule has 0 saturated carbocycles. The van der Waals surface area contributed by atoms with E-state index in [1.165, 1.54) is 17.2 Å². The summed E-state index contributed by atoms with van der Waals surface area (Å²) in [4.78, 5) is 24.0. The molecule has 3 aromatic carbocycles. The molecule has 4 nitrogen and oxygen atoms in total. The van der Waals surface area contributed by atoms with Gasteiger partial charge < -0.3 is 10.2 Å². The molecule has 178 valence electrons. The normalized spacial score (nSPS) is 12.8. The fourth-order valence-electron chi connectivity index (χ4n) is 4.23. The molecule has 0 aliphatic rings. The maximum absolute atomic E-state index is 12.0. The van der Waals surface area contributed by atoms with Gasteiger partial charge in [0.05, 0.1) is 11.1 Å². The van der Waals surface area contributed by atoms with Crippen molar-refractivity contribution in [3.63, 3.8) is 0 Å². The van der Waals surface area contributed by atoms with Gasteiger partial charge in [-0.3, -0.25) is 0 Å². The minimum absolute atomic E-state index is 0.0410. The van der Waals surface area contributed by atoms with E-state index in [1.807, 2.05) is 24.3 Å². The Morgan fingerprint density at radius 2 is 1.00 bits per heavy atom. The fourth-order valence-corrected chi connectivity index (χ4v) is 4.23. The lowest BCUT2D eigenvalue weighted by molar-refractivity contribution is 0.0695. The van der Waals surface area contributed by atoms with Crippen LogP contribution < -0.4 is 0 Å². The van der Waals surface area contributed by atoms with E-state index >= 15 is 0 Å². The van der Waals surface area contributed by atoms with E-state index in [0.717, 1.165) is 24.0 Å². The van der Waals surface area contributed by atoms with Crippen molar-refractivity contribution in [2.24, 2.45) is 0 Å². The predicted molar refractivity (Wildman–Crippen MR) is 136 cm³/mol. The number of benzene rings is 3. The van der Waals surface area contributed by atoms with E-state index in [1.54, 1.807) is 6.07 Å².